The van der Waals surface area contributed by atoms with Gasteiger partial charge in [-0.15, -0.1) is 0 Å². The van der Waals surface area contributed by atoms with E-state index in [4.69, 9.17) is 14.7 Å². The van der Waals surface area contributed by atoms with Gasteiger partial charge in [0, 0.05) is 12.5 Å². The van der Waals surface area contributed by atoms with Gasteiger partial charge in [-0.25, -0.2) is 0 Å². The van der Waals surface area contributed by atoms with Crippen molar-refractivity contribution >= 4 is 15.9 Å². The highest BCUT2D eigenvalue weighted by Gasteiger charge is 2.15. The number of rotatable bonds is 4. The molecule has 0 bridgehead atoms. The van der Waals surface area contributed by atoms with Gasteiger partial charge < -0.3 is 14.7 Å². The molecule has 0 aromatic carbocycles. The minimum atomic E-state index is 0.0678. The Hall–Kier alpha value is -1.14. The van der Waals surface area contributed by atoms with Gasteiger partial charge in [-0.3, -0.25) is 0 Å². The molecule has 5 nitrogen and oxygen atoms in total. The summed E-state index contributed by atoms with van der Waals surface area (Å²) in [6.07, 6.45) is 3.07. The zero-order valence-electron chi connectivity index (χ0n) is 8.81. The number of furan rings is 1. The third kappa shape index (κ3) is 2.33. The number of hydrogen-bond acceptors (Lipinski definition) is 5. The minimum Gasteiger partial charge on any atom is -0.457 e. The van der Waals surface area contributed by atoms with Crippen LogP contribution >= 0.6 is 15.9 Å². The lowest BCUT2D eigenvalue weighted by Crippen LogP contribution is -2.21. The third-order valence-electron chi connectivity index (χ3n) is 2.29. The number of nitrogens with two attached hydrogens (primary N) is 1. The molecule has 2 N–H and O–H groups in total. The predicted octanol–water partition coefficient (Wildman–Crippen LogP) is 2.37. The molecule has 2 aromatic heterocycles. The van der Waals surface area contributed by atoms with Crippen LogP contribution in [0.3, 0.4) is 0 Å². The van der Waals surface area contributed by atoms with Crippen LogP contribution in [0.25, 0.3) is 11.5 Å². The normalized spacial score (nSPS) is 12.9. The highest BCUT2D eigenvalue weighted by molar-refractivity contribution is 9.10. The summed E-state index contributed by atoms with van der Waals surface area (Å²) in [5.41, 5.74) is 6.57. The van der Waals surface area contributed by atoms with Crippen molar-refractivity contribution in [3.8, 4) is 11.5 Å². The van der Waals surface area contributed by atoms with Crippen LogP contribution in [0.4, 0.5) is 0 Å². The molecule has 0 aliphatic heterocycles. The fraction of sp³-hybridized carbons (Fsp3) is 0.400. The van der Waals surface area contributed by atoms with Crippen molar-refractivity contribution in [3.63, 3.8) is 0 Å². The summed E-state index contributed by atoms with van der Waals surface area (Å²) in [7, 11) is 0. The fourth-order valence-corrected chi connectivity index (χ4v) is 1.68. The summed E-state index contributed by atoms with van der Waals surface area (Å²) < 4.78 is 10.8. The van der Waals surface area contributed by atoms with Crippen molar-refractivity contribution in [1.29, 1.82) is 0 Å². The maximum atomic E-state index is 5.81. The fourth-order valence-electron chi connectivity index (χ4n) is 1.27. The van der Waals surface area contributed by atoms with Crippen LogP contribution in [0.5, 0.6) is 0 Å². The Bertz CT molecular complexity index is 466. The van der Waals surface area contributed by atoms with E-state index >= 15 is 0 Å². The van der Waals surface area contributed by atoms with E-state index in [2.05, 4.69) is 26.1 Å². The number of hydrogen-bond donors (Lipinski definition) is 1. The van der Waals surface area contributed by atoms with Crippen molar-refractivity contribution in [1.82, 2.24) is 10.1 Å². The van der Waals surface area contributed by atoms with Crippen LogP contribution in [0.1, 0.15) is 19.2 Å². The van der Waals surface area contributed by atoms with E-state index in [1.54, 1.807) is 12.3 Å². The van der Waals surface area contributed by atoms with Gasteiger partial charge in [0.05, 0.1) is 11.8 Å². The van der Waals surface area contributed by atoms with E-state index in [-0.39, 0.29) is 6.04 Å². The lowest BCUT2D eigenvalue weighted by Gasteiger charge is -2.02. The zero-order valence-corrected chi connectivity index (χ0v) is 10.4. The molecule has 0 saturated heterocycles. The SMILES string of the molecule is CCC(N)Cc1noc(-c2ccoc2Br)n1. The molecule has 16 heavy (non-hydrogen) atoms. The van der Waals surface area contributed by atoms with E-state index in [9.17, 15) is 0 Å². The van der Waals surface area contributed by atoms with E-state index in [1.807, 2.05) is 6.92 Å². The molecule has 0 amide bonds. The smallest absolute Gasteiger partial charge is 0.262 e. The summed E-state index contributed by atoms with van der Waals surface area (Å²) in [6, 6.07) is 1.83. The second-order valence-electron chi connectivity index (χ2n) is 3.50. The molecular weight excluding hydrogens is 274 g/mol. The van der Waals surface area contributed by atoms with Crippen LogP contribution < -0.4 is 5.73 Å². The molecule has 6 heteroatoms. The van der Waals surface area contributed by atoms with Crippen molar-refractivity contribution in [3.05, 3.63) is 22.8 Å². The van der Waals surface area contributed by atoms with E-state index < -0.39 is 0 Å². The molecule has 2 rings (SSSR count). The Kier molecular flexibility index (Phi) is 3.40. The quantitative estimate of drug-likeness (QED) is 0.933. The Morgan fingerprint density at radius 1 is 1.56 bits per heavy atom. The lowest BCUT2D eigenvalue weighted by atomic mass is 10.2. The van der Waals surface area contributed by atoms with Crippen molar-refractivity contribution in [2.75, 3.05) is 0 Å². The molecule has 0 saturated carbocycles. The van der Waals surface area contributed by atoms with Crippen LogP contribution in [0.2, 0.25) is 0 Å². The second-order valence-corrected chi connectivity index (χ2v) is 4.22. The van der Waals surface area contributed by atoms with Gasteiger partial charge in [0.25, 0.3) is 5.89 Å². The summed E-state index contributed by atoms with van der Waals surface area (Å²) >= 11 is 3.26. The monoisotopic (exact) mass is 285 g/mol. The van der Waals surface area contributed by atoms with Crippen molar-refractivity contribution in [2.24, 2.45) is 5.73 Å². The molecule has 0 spiro atoms. The molecule has 0 fully saturated rings. The van der Waals surface area contributed by atoms with Gasteiger partial charge in [0.1, 0.15) is 0 Å². The van der Waals surface area contributed by atoms with Crippen molar-refractivity contribution < 1.29 is 8.94 Å². The van der Waals surface area contributed by atoms with Crippen molar-refractivity contribution in [2.45, 2.75) is 25.8 Å². The van der Waals surface area contributed by atoms with Gasteiger partial charge in [-0.1, -0.05) is 12.1 Å². The first kappa shape index (κ1) is 11.3. The summed E-state index contributed by atoms with van der Waals surface area (Å²) in [6.45, 7) is 2.03. The maximum Gasteiger partial charge on any atom is 0.262 e. The number of aromatic nitrogens is 2. The van der Waals surface area contributed by atoms with E-state index in [0.717, 1.165) is 12.0 Å². The van der Waals surface area contributed by atoms with Crippen LogP contribution in [0.15, 0.2) is 25.9 Å². The molecule has 0 radical (unpaired) electrons. The van der Waals surface area contributed by atoms with Gasteiger partial charge in [-0.05, 0) is 28.4 Å². The Morgan fingerprint density at radius 2 is 2.38 bits per heavy atom. The van der Waals surface area contributed by atoms with Crippen LogP contribution in [-0.4, -0.2) is 16.2 Å². The maximum absolute atomic E-state index is 5.81. The van der Waals surface area contributed by atoms with Gasteiger partial charge in [0.2, 0.25) is 0 Å². The summed E-state index contributed by atoms with van der Waals surface area (Å²) in [4.78, 5) is 4.25. The first-order chi connectivity index (χ1) is 7.70. The standard InChI is InChI=1S/C10H12BrN3O2/c1-2-6(12)5-8-13-10(16-14-8)7-3-4-15-9(7)11/h3-4,6H,2,5,12H2,1H3. The predicted molar refractivity (Wildman–Crippen MR) is 61.7 cm³/mol. The molecule has 86 valence electrons. The molecule has 0 aliphatic carbocycles. The molecular formula is C10H12BrN3O2. The highest BCUT2D eigenvalue weighted by atomic mass is 79.9. The molecule has 0 aliphatic rings. The van der Waals surface area contributed by atoms with Gasteiger partial charge >= 0.3 is 0 Å². The molecule has 2 aromatic rings. The summed E-state index contributed by atoms with van der Waals surface area (Å²) in [5.74, 6) is 1.07. The summed E-state index contributed by atoms with van der Waals surface area (Å²) in [5, 5.41) is 3.87. The number of nitrogens with zero attached hydrogens (tertiary/aromatic N) is 2. The first-order valence-electron chi connectivity index (χ1n) is 5.02. The highest BCUT2D eigenvalue weighted by Crippen LogP contribution is 2.27. The molecule has 2 heterocycles. The van der Waals surface area contributed by atoms with E-state index in [1.165, 1.54) is 0 Å². The Balaban J connectivity index is 2.17. The second kappa shape index (κ2) is 4.80. The average molecular weight is 286 g/mol. The van der Waals surface area contributed by atoms with Gasteiger partial charge in [-0.2, -0.15) is 4.98 Å². The van der Waals surface area contributed by atoms with E-state index in [0.29, 0.717) is 22.8 Å². The Morgan fingerprint density at radius 3 is 3.00 bits per heavy atom. The largest absolute Gasteiger partial charge is 0.457 e. The number of halogens is 1. The third-order valence-corrected chi connectivity index (χ3v) is 2.90. The first-order valence-corrected chi connectivity index (χ1v) is 5.81. The lowest BCUT2D eigenvalue weighted by molar-refractivity contribution is 0.418. The van der Waals surface area contributed by atoms with Crippen LogP contribution in [-0.2, 0) is 6.42 Å². The average Bonchev–Trinajstić information content (AvgIpc) is 2.86. The minimum absolute atomic E-state index is 0.0678. The van der Waals surface area contributed by atoms with Gasteiger partial charge in [0.15, 0.2) is 10.5 Å². The topological polar surface area (TPSA) is 78.1 Å². The Labute approximate surface area is 101 Å². The molecule has 1 atom stereocenters. The zero-order chi connectivity index (χ0) is 11.5. The molecule has 1 unspecified atom stereocenters. The van der Waals surface area contributed by atoms with Crippen LogP contribution in [0, 0.1) is 0 Å².